The van der Waals surface area contributed by atoms with Gasteiger partial charge in [-0.15, -0.1) is 0 Å². The summed E-state index contributed by atoms with van der Waals surface area (Å²) in [6.07, 6.45) is 2.32. The number of para-hydroxylation sites is 1. The molecule has 1 saturated carbocycles. The first kappa shape index (κ1) is 23.2. The summed E-state index contributed by atoms with van der Waals surface area (Å²) in [5, 5.41) is 8.54. The number of amides is 2. The Labute approximate surface area is 200 Å². The Hall–Kier alpha value is -2.99. The van der Waals surface area contributed by atoms with Crippen molar-refractivity contribution in [2.45, 2.75) is 52.6 Å². The average molecular weight is 467 g/mol. The zero-order valence-electron chi connectivity index (χ0n) is 19.6. The third-order valence-corrected chi connectivity index (χ3v) is 5.71. The molecule has 0 unspecified atom stereocenters. The number of aryl methyl sites for hydroxylation is 1. The van der Waals surface area contributed by atoms with Crippen LogP contribution in [0.2, 0.25) is 5.02 Å². The summed E-state index contributed by atoms with van der Waals surface area (Å²) >= 11 is 6.06. The molecular formula is C26H31ClN4O2. The second-order valence-electron chi connectivity index (χ2n) is 9.68. The number of hydrogen-bond acceptors (Lipinski definition) is 3. The molecule has 0 atom stereocenters. The minimum Gasteiger partial charge on any atom is -0.439 e. The van der Waals surface area contributed by atoms with Crippen molar-refractivity contribution in [3.05, 3.63) is 70.9 Å². The molecule has 1 aliphatic rings. The zero-order valence-corrected chi connectivity index (χ0v) is 20.4. The molecule has 33 heavy (non-hydrogen) atoms. The quantitative estimate of drug-likeness (QED) is 0.441. The normalized spacial score (nSPS) is 13.6. The molecule has 7 heteroatoms. The first-order valence-electron chi connectivity index (χ1n) is 11.3. The molecule has 0 aliphatic heterocycles. The van der Waals surface area contributed by atoms with E-state index in [2.05, 4.69) is 5.32 Å². The van der Waals surface area contributed by atoms with E-state index in [-0.39, 0.29) is 11.6 Å². The molecule has 6 nitrogen and oxygen atoms in total. The maximum Gasteiger partial charge on any atom is 0.318 e. The smallest absolute Gasteiger partial charge is 0.318 e. The van der Waals surface area contributed by atoms with Crippen molar-refractivity contribution >= 4 is 17.6 Å². The Morgan fingerprint density at radius 1 is 1.15 bits per heavy atom. The summed E-state index contributed by atoms with van der Waals surface area (Å²) in [5.74, 6) is 1.82. The van der Waals surface area contributed by atoms with Gasteiger partial charge in [0.1, 0.15) is 5.75 Å². The van der Waals surface area contributed by atoms with Gasteiger partial charge in [-0.25, -0.2) is 9.48 Å². The maximum atomic E-state index is 13.2. The summed E-state index contributed by atoms with van der Waals surface area (Å²) in [6.45, 7) is 9.08. The molecule has 4 rings (SSSR count). The lowest BCUT2D eigenvalue weighted by Crippen LogP contribution is -2.48. The highest BCUT2D eigenvalue weighted by atomic mass is 35.5. The fraction of sp³-hybridized carbons (Fsp3) is 0.385. The molecule has 1 aromatic heterocycles. The Morgan fingerprint density at radius 2 is 1.82 bits per heavy atom. The van der Waals surface area contributed by atoms with Crippen molar-refractivity contribution < 1.29 is 9.53 Å². The zero-order chi connectivity index (χ0) is 23.6. The number of nitrogens with one attached hydrogen (secondary N) is 1. The van der Waals surface area contributed by atoms with Gasteiger partial charge in [0.05, 0.1) is 23.5 Å². The fourth-order valence-corrected chi connectivity index (χ4v) is 3.73. The van der Waals surface area contributed by atoms with Gasteiger partial charge in [-0.3, -0.25) is 0 Å². The monoisotopic (exact) mass is 466 g/mol. The Balaban J connectivity index is 1.71. The lowest BCUT2D eigenvalue weighted by Gasteiger charge is -2.28. The van der Waals surface area contributed by atoms with E-state index in [1.807, 2.05) is 75.1 Å². The molecule has 1 fully saturated rings. The maximum absolute atomic E-state index is 13.2. The summed E-state index contributed by atoms with van der Waals surface area (Å²) < 4.78 is 8.16. The van der Waals surface area contributed by atoms with Crippen LogP contribution in [0.25, 0.3) is 5.69 Å². The predicted octanol–water partition coefficient (Wildman–Crippen LogP) is 6.35. The van der Waals surface area contributed by atoms with Crippen LogP contribution in [0.3, 0.4) is 0 Å². The van der Waals surface area contributed by atoms with E-state index in [0.717, 1.165) is 36.3 Å². The number of aromatic nitrogens is 2. The van der Waals surface area contributed by atoms with Crippen LogP contribution in [0.4, 0.5) is 4.79 Å². The number of urea groups is 1. The van der Waals surface area contributed by atoms with Crippen molar-refractivity contribution in [3.8, 4) is 17.3 Å². The van der Waals surface area contributed by atoms with E-state index < -0.39 is 0 Å². The van der Waals surface area contributed by atoms with Crippen LogP contribution in [0.1, 0.15) is 44.9 Å². The molecule has 0 spiro atoms. The van der Waals surface area contributed by atoms with Gasteiger partial charge >= 0.3 is 6.03 Å². The molecule has 3 aromatic rings. The lowest BCUT2D eigenvalue weighted by atomic mass is 10.1. The van der Waals surface area contributed by atoms with Crippen LogP contribution in [0, 0.1) is 12.8 Å². The van der Waals surface area contributed by atoms with Crippen LogP contribution < -0.4 is 10.1 Å². The van der Waals surface area contributed by atoms with Crippen molar-refractivity contribution in [1.82, 2.24) is 20.0 Å². The molecule has 174 valence electrons. The Morgan fingerprint density at radius 3 is 2.42 bits per heavy atom. The van der Waals surface area contributed by atoms with E-state index in [0.29, 0.717) is 29.1 Å². The van der Waals surface area contributed by atoms with Gasteiger partial charge in [0, 0.05) is 17.1 Å². The Bertz CT molecular complexity index is 1100. The Kier molecular flexibility index (Phi) is 6.66. The third-order valence-electron chi connectivity index (χ3n) is 5.46. The summed E-state index contributed by atoms with van der Waals surface area (Å²) in [7, 11) is 0. The van der Waals surface area contributed by atoms with Crippen molar-refractivity contribution in [2.75, 3.05) is 6.54 Å². The van der Waals surface area contributed by atoms with E-state index >= 15 is 0 Å². The van der Waals surface area contributed by atoms with E-state index in [1.54, 1.807) is 16.8 Å². The van der Waals surface area contributed by atoms with E-state index in [1.165, 1.54) is 0 Å². The summed E-state index contributed by atoms with van der Waals surface area (Å²) in [6, 6.07) is 17.1. The molecule has 0 bridgehead atoms. The molecular weight excluding hydrogens is 436 g/mol. The number of hydrogen-bond donors (Lipinski definition) is 1. The third kappa shape index (κ3) is 6.08. The van der Waals surface area contributed by atoms with Crippen LogP contribution in [-0.4, -0.2) is 32.8 Å². The van der Waals surface area contributed by atoms with Gasteiger partial charge in [-0.05, 0) is 82.9 Å². The van der Waals surface area contributed by atoms with Gasteiger partial charge in [0.25, 0.3) is 0 Å². The second-order valence-corrected chi connectivity index (χ2v) is 10.1. The minimum absolute atomic E-state index is 0.0706. The molecule has 0 radical (unpaired) electrons. The first-order chi connectivity index (χ1) is 15.7. The van der Waals surface area contributed by atoms with Crippen LogP contribution in [0.5, 0.6) is 11.6 Å². The molecule has 1 aliphatic carbocycles. The number of nitrogens with zero attached hydrogens (tertiary/aromatic N) is 3. The molecule has 1 heterocycles. The summed E-state index contributed by atoms with van der Waals surface area (Å²) in [4.78, 5) is 15.0. The standard InChI is InChI=1S/C26H31ClN4O2/c1-18-23(17-30(16-19-10-11-19)25(32)28-26(2,3)4)24(33-22-14-12-20(27)13-15-22)31(29-18)21-8-6-5-7-9-21/h5-9,12-15,19H,10-11,16-17H2,1-4H3,(H,28,32). The van der Waals surface area contributed by atoms with Gasteiger partial charge < -0.3 is 15.0 Å². The molecule has 1 N–H and O–H groups in total. The first-order valence-corrected chi connectivity index (χ1v) is 11.7. The van der Waals surface area contributed by atoms with Crippen LogP contribution >= 0.6 is 11.6 Å². The van der Waals surface area contributed by atoms with Crippen molar-refractivity contribution in [1.29, 1.82) is 0 Å². The molecule has 2 aromatic carbocycles. The lowest BCUT2D eigenvalue weighted by molar-refractivity contribution is 0.183. The largest absolute Gasteiger partial charge is 0.439 e. The summed E-state index contributed by atoms with van der Waals surface area (Å²) in [5.41, 5.74) is 2.29. The SMILES string of the molecule is Cc1nn(-c2ccccc2)c(Oc2ccc(Cl)cc2)c1CN(CC1CC1)C(=O)NC(C)(C)C. The number of halogens is 1. The average Bonchev–Trinajstić information content (AvgIpc) is 3.53. The van der Waals surface area contributed by atoms with Crippen LogP contribution in [-0.2, 0) is 6.54 Å². The topological polar surface area (TPSA) is 59.4 Å². The number of rotatable bonds is 7. The fourth-order valence-electron chi connectivity index (χ4n) is 3.61. The van der Waals surface area contributed by atoms with Gasteiger partial charge in [-0.2, -0.15) is 5.10 Å². The van der Waals surface area contributed by atoms with Crippen molar-refractivity contribution in [3.63, 3.8) is 0 Å². The minimum atomic E-state index is -0.315. The van der Waals surface area contributed by atoms with Gasteiger partial charge in [0.2, 0.25) is 5.88 Å². The number of benzene rings is 2. The molecule has 0 saturated heterocycles. The number of carbonyl (C=O) groups is 1. The molecule has 2 amide bonds. The van der Waals surface area contributed by atoms with E-state index in [9.17, 15) is 4.79 Å². The number of ether oxygens (including phenoxy) is 1. The predicted molar refractivity (Wildman–Crippen MR) is 131 cm³/mol. The van der Waals surface area contributed by atoms with Crippen LogP contribution in [0.15, 0.2) is 54.6 Å². The number of carbonyl (C=O) groups excluding carboxylic acids is 1. The van der Waals surface area contributed by atoms with Crippen molar-refractivity contribution in [2.24, 2.45) is 5.92 Å². The highest BCUT2D eigenvalue weighted by Gasteiger charge is 2.30. The second kappa shape index (κ2) is 9.48. The van der Waals surface area contributed by atoms with E-state index in [4.69, 9.17) is 21.4 Å². The van der Waals surface area contributed by atoms with Gasteiger partial charge in [0.15, 0.2) is 0 Å². The highest BCUT2D eigenvalue weighted by Crippen LogP contribution is 2.34. The highest BCUT2D eigenvalue weighted by molar-refractivity contribution is 6.30. The van der Waals surface area contributed by atoms with Gasteiger partial charge in [-0.1, -0.05) is 29.8 Å².